The quantitative estimate of drug-likeness (QED) is 0.385. The van der Waals surface area contributed by atoms with Crippen molar-refractivity contribution in [1.82, 2.24) is 0 Å². The van der Waals surface area contributed by atoms with Crippen molar-refractivity contribution in [3.05, 3.63) is 82.0 Å². The van der Waals surface area contributed by atoms with Crippen LogP contribution >= 0.6 is 0 Å². The van der Waals surface area contributed by atoms with E-state index >= 15 is 0 Å². The predicted molar refractivity (Wildman–Crippen MR) is 124 cm³/mol. The average Bonchev–Trinajstić information content (AvgIpc) is 2.84. The monoisotopic (exact) mass is 446 g/mol. The fourth-order valence-corrected chi connectivity index (χ4v) is 3.50. The highest BCUT2D eigenvalue weighted by Crippen LogP contribution is 2.35. The van der Waals surface area contributed by atoms with Crippen molar-refractivity contribution < 1.29 is 28.2 Å². The van der Waals surface area contributed by atoms with Crippen LogP contribution in [-0.4, -0.2) is 27.3 Å². The molecule has 0 spiro atoms. The van der Waals surface area contributed by atoms with Crippen LogP contribution in [0.15, 0.2) is 69.9 Å². The number of methoxy groups -OCH3 is 3. The second-order valence-corrected chi connectivity index (χ2v) is 7.24. The number of hydrogen-bond donors (Lipinski definition) is 0. The smallest absolute Gasteiger partial charge is 0.351 e. The number of carbonyl (C=O) groups excluding carboxylic acids is 1. The molecule has 1 aromatic heterocycles. The molecule has 33 heavy (non-hydrogen) atoms. The molecule has 0 amide bonds. The van der Waals surface area contributed by atoms with Crippen molar-refractivity contribution in [3.63, 3.8) is 0 Å². The number of aryl methyl sites for hydroxylation is 1. The summed E-state index contributed by atoms with van der Waals surface area (Å²) in [5, 5.41) is 0.299. The number of carbonyl (C=O) groups is 1. The first-order valence-corrected chi connectivity index (χ1v) is 10.1. The molecule has 4 aromatic rings. The molecule has 0 saturated carbocycles. The van der Waals surface area contributed by atoms with Crippen LogP contribution in [0.4, 0.5) is 0 Å². The highest BCUT2D eigenvalue weighted by molar-refractivity contribution is 5.98. The van der Waals surface area contributed by atoms with Gasteiger partial charge in [-0.25, -0.2) is 4.79 Å². The molecule has 0 bridgehead atoms. The zero-order chi connectivity index (χ0) is 23.5. The van der Waals surface area contributed by atoms with Crippen molar-refractivity contribution >= 4 is 16.9 Å². The third kappa shape index (κ3) is 4.13. The highest BCUT2D eigenvalue weighted by Gasteiger charge is 2.25. The summed E-state index contributed by atoms with van der Waals surface area (Å²) in [6.45, 7) is 1.90. The Bertz CT molecular complexity index is 1360. The van der Waals surface area contributed by atoms with Crippen molar-refractivity contribution in [2.45, 2.75) is 6.92 Å². The lowest BCUT2D eigenvalue weighted by Crippen LogP contribution is -2.18. The summed E-state index contributed by atoms with van der Waals surface area (Å²) in [5.41, 5.74) is 1.46. The highest BCUT2D eigenvalue weighted by atomic mass is 16.5. The van der Waals surface area contributed by atoms with Gasteiger partial charge in [0.25, 0.3) is 0 Å². The molecule has 7 heteroatoms. The van der Waals surface area contributed by atoms with Gasteiger partial charge in [0.15, 0.2) is 5.76 Å². The summed E-state index contributed by atoms with van der Waals surface area (Å²) in [6.07, 6.45) is 0. The fourth-order valence-electron chi connectivity index (χ4n) is 3.50. The van der Waals surface area contributed by atoms with Gasteiger partial charge in [0.05, 0.1) is 26.7 Å². The van der Waals surface area contributed by atoms with Crippen molar-refractivity contribution in [3.8, 4) is 34.3 Å². The minimum atomic E-state index is -0.808. The largest absolute Gasteiger partial charge is 0.497 e. The van der Waals surface area contributed by atoms with E-state index in [1.54, 1.807) is 67.8 Å². The van der Waals surface area contributed by atoms with E-state index in [4.69, 9.17) is 23.4 Å². The van der Waals surface area contributed by atoms with E-state index in [0.717, 1.165) is 5.56 Å². The van der Waals surface area contributed by atoms with E-state index < -0.39 is 11.4 Å². The van der Waals surface area contributed by atoms with Gasteiger partial charge < -0.3 is 23.4 Å². The lowest BCUT2D eigenvalue weighted by Gasteiger charge is -2.14. The summed E-state index contributed by atoms with van der Waals surface area (Å²) >= 11 is 0. The predicted octanol–water partition coefficient (Wildman–Crippen LogP) is 5.01. The molecule has 3 aromatic carbocycles. The number of rotatable bonds is 6. The molecule has 0 aliphatic rings. The fraction of sp³-hybridized carbons (Fsp3) is 0.154. The second-order valence-electron chi connectivity index (χ2n) is 7.24. The molecule has 168 valence electrons. The first kappa shape index (κ1) is 22.0. The standard InChI is InChI=1S/C26H22O7/c1-15-8-13-18-21(14-15)32-24(16-9-11-17(29-2)12-10-16)25(23(18)27)33-26(28)22-19(30-3)6-5-7-20(22)31-4/h5-14H,1-4H3. The zero-order valence-corrected chi connectivity index (χ0v) is 18.6. The van der Waals surface area contributed by atoms with Gasteiger partial charge in [-0.05, 0) is 61.0 Å². The maximum atomic E-state index is 13.4. The summed E-state index contributed by atoms with van der Waals surface area (Å²) in [4.78, 5) is 26.6. The van der Waals surface area contributed by atoms with Gasteiger partial charge in [0.2, 0.25) is 11.2 Å². The van der Waals surface area contributed by atoms with Crippen molar-refractivity contribution in [2.24, 2.45) is 0 Å². The normalized spacial score (nSPS) is 10.7. The Morgan fingerprint density at radius 3 is 2.12 bits per heavy atom. The third-order valence-corrected chi connectivity index (χ3v) is 5.19. The maximum Gasteiger partial charge on any atom is 0.351 e. The minimum Gasteiger partial charge on any atom is -0.497 e. The number of ether oxygens (including phenoxy) is 4. The van der Waals surface area contributed by atoms with Crippen LogP contribution in [0.3, 0.4) is 0 Å². The van der Waals surface area contributed by atoms with E-state index in [1.807, 2.05) is 6.92 Å². The Labute approximate surface area is 190 Å². The van der Waals surface area contributed by atoms with Crippen LogP contribution in [0.1, 0.15) is 15.9 Å². The lowest BCUT2D eigenvalue weighted by atomic mass is 10.1. The van der Waals surface area contributed by atoms with Crippen LogP contribution in [0.2, 0.25) is 0 Å². The van der Waals surface area contributed by atoms with E-state index in [2.05, 4.69) is 0 Å². The van der Waals surface area contributed by atoms with Gasteiger partial charge >= 0.3 is 5.97 Å². The molecule has 0 fully saturated rings. The summed E-state index contributed by atoms with van der Waals surface area (Å²) in [7, 11) is 4.42. The summed E-state index contributed by atoms with van der Waals surface area (Å²) in [6, 6.07) is 17.0. The minimum absolute atomic E-state index is 0.0617. The third-order valence-electron chi connectivity index (χ3n) is 5.19. The molecule has 0 aliphatic heterocycles. The Hall–Kier alpha value is -4.26. The van der Waals surface area contributed by atoms with Gasteiger partial charge in [-0.3, -0.25) is 4.79 Å². The molecule has 0 unspecified atom stereocenters. The molecular formula is C26H22O7. The summed E-state index contributed by atoms with van der Waals surface area (Å²) < 4.78 is 27.6. The Morgan fingerprint density at radius 2 is 1.52 bits per heavy atom. The topological polar surface area (TPSA) is 84.2 Å². The molecule has 0 aliphatic carbocycles. The Balaban J connectivity index is 1.91. The Morgan fingerprint density at radius 1 is 0.848 bits per heavy atom. The Kier molecular flexibility index (Phi) is 6.04. The van der Waals surface area contributed by atoms with E-state index in [1.165, 1.54) is 14.2 Å². The lowest BCUT2D eigenvalue weighted by molar-refractivity contribution is 0.0724. The van der Waals surface area contributed by atoms with E-state index in [-0.39, 0.29) is 28.6 Å². The van der Waals surface area contributed by atoms with Gasteiger partial charge in [-0.1, -0.05) is 12.1 Å². The SMILES string of the molecule is COc1ccc(-c2oc3cc(C)ccc3c(=O)c2OC(=O)c2c(OC)cccc2OC)cc1. The van der Waals surface area contributed by atoms with Crippen molar-refractivity contribution in [2.75, 3.05) is 21.3 Å². The van der Waals surface area contributed by atoms with Crippen LogP contribution < -0.4 is 24.4 Å². The van der Waals surface area contributed by atoms with E-state index in [0.29, 0.717) is 22.3 Å². The molecule has 7 nitrogen and oxygen atoms in total. The van der Waals surface area contributed by atoms with E-state index in [9.17, 15) is 9.59 Å². The number of esters is 1. The molecule has 0 radical (unpaired) electrons. The second kappa shape index (κ2) is 9.08. The van der Waals surface area contributed by atoms with Gasteiger partial charge in [0.1, 0.15) is 28.4 Å². The molecular weight excluding hydrogens is 424 g/mol. The van der Waals surface area contributed by atoms with Gasteiger partial charge in [-0.2, -0.15) is 0 Å². The number of hydrogen-bond acceptors (Lipinski definition) is 7. The van der Waals surface area contributed by atoms with Gasteiger partial charge in [0, 0.05) is 5.56 Å². The number of benzene rings is 3. The molecule has 4 rings (SSSR count). The molecule has 1 heterocycles. The molecule has 0 atom stereocenters. The van der Waals surface area contributed by atoms with Crippen LogP contribution in [0, 0.1) is 6.92 Å². The first-order valence-electron chi connectivity index (χ1n) is 10.1. The van der Waals surface area contributed by atoms with Crippen molar-refractivity contribution in [1.29, 1.82) is 0 Å². The van der Waals surface area contributed by atoms with Crippen LogP contribution in [0.25, 0.3) is 22.3 Å². The van der Waals surface area contributed by atoms with Gasteiger partial charge in [-0.15, -0.1) is 0 Å². The summed E-state index contributed by atoms with van der Waals surface area (Å²) in [5.74, 6) is 0.239. The molecule has 0 N–H and O–H groups in total. The first-order chi connectivity index (χ1) is 16.0. The zero-order valence-electron chi connectivity index (χ0n) is 18.6. The maximum absolute atomic E-state index is 13.4. The molecule has 0 saturated heterocycles. The number of fused-ring (bicyclic) bond motifs is 1. The average molecular weight is 446 g/mol. The van der Waals surface area contributed by atoms with Crippen LogP contribution in [-0.2, 0) is 0 Å². The van der Waals surface area contributed by atoms with Crippen LogP contribution in [0.5, 0.6) is 23.0 Å².